The number of aryl methyl sites for hydroxylation is 1. The topological polar surface area (TPSA) is 64.1 Å². The van der Waals surface area contributed by atoms with Crippen molar-refractivity contribution in [3.05, 3.63) is 62.9 Å². The molecule has 0 spiro atoms. The second kappa shape index (κ2) is 8.11. The minimum Gasteiger partial charge on any atom is -0.376 e. The number of ether oxygens (including phenoxy) is 1. The van der Waals surface area contributed by atoms with Crippen molar-refractivity contribution in [2.24, 2.45) is 0 Å². The van der Waals surface area contributed by atoms with Crippen molar-refractivity contribution < 1.29 is 4.74 Å². The lowest BCUT2D eigenvalue weighted by molar-refractivity contribution is -0.0214. The summed E-state index contributed by atoms with van der Waals surface area (Å²) in [6.45, 7) is 7.11. The van der Waals surface area contributed by atoms with Crippen LogP contribution < -0.4 is 11.2 Å². The van der Waals surface area contributed by atoms with Crippen LogP contribution in [0.15, 0.2) is 46.1 Å². The van der Waals surface area contributed by atoms with E-state index in [-0.39, 0.29) is 11.2 Å². The van der Waals surface area contributed by atoms with Gasteiger partial charge >= 0.3 is 5.69 Å². The van der Waals surface area contributed by atoms with Crippen LogP contribution in [-0.4, -0.2) is 21.8 Å². The third-order valence-corrected chi connectivity index (χ3v) is 4.22. The Morgan fingerprint density at radius 2 is 1.96 bits per heavy atom. The summed E-state index contributed by atoms with van der Waals surface area (Å²) in [5, 5.41) is 0. The molecule has 2 aromatic rings. The van der Waals surface area contributed by atoms with Crippen LogP contribution in [0.3, 0.4) is 0 Å². The molecule has 0 fully saturated rings. The zero-order valence-electron chi connectivity index (χ0n) is 14.7. The lowest BCUT2D eigenvalue weighted by atomic mass is 10.1. The van der Waals surface area contributed by atoms with E-state index >= 15 is 0 Å². The van der Waals surface area contributed by atoms with Gasteiger partial charge in [-0.1, -0.05) is 19.1 Å². The Morgan fingerprint density at radius 3 is 2.67 bits per heavy atom. The van der Waals surface area contributed by atoms with Crippen molar-refractivity contribution >= 4 is 0 Å². The van der Waals surface area contributed by atoms with Crippen molar-refractivity contribution in [2.75, 3.05) is 6.61 Å². The molecule has 0 amide bonds. The predicted molar refractivity (Wildman–Crippen MR) is 95.9 cm³/mol. The van der Waals surface area contributed by atoms with E-state index in [1.807, 2.05) is 18.2 Å². The van der Waals surface area contributed by atoms with Crippen molar-refractivity contribution in [3.8, 4) is 5.69 Å². The zero-order chi connectivity index (χ0) is 17.6. The Balaban J connectivity index is 1.94. The minimum atomic E-state index is -0.421. The Bertz CT molecular complexity index is 774. The second-order valence-electron chi connectivity index (χ2n) is 6.57. The van der Waals surface area contributed by atoms with Crippen LogP contribution in [0.1, 0.15) is 45.6 Å². The van der Waals surface area contributed by atoms with Gasteiger partial charge in [0, 0.05) is 18.9 Å². The lowest BCUT2D eigenvalue weighted by Crippen LogP contribution is -2.27. The molecule has 0 radical (unpaired) electrons. The van der Waals surface area contributed by atoms with E-state index in [0.717, 1.165) is 38.0 Å². The number of H-pyrrole nitrogens is 1. The molecule has 1 heterocycles. The van der Waals surface area contributed by atoms with Crippen LogP contribution in [0, 0.1) is 0 Å². The normalized spacial score (nSPS) is 11.6. The van der Waals surface area contributed by atoms with E-state index in [2.05, 4.69) is 31.8 Å². The molecule has 5 nitrogen and oxygen atoms in total. The number of aromatic nitrogens is 2. The first-order valence-corrected chi connectivity index (χ1v) is 8.46. The molecule has 0 aliphatic carbocycles. The van der Waals surface area contributed by atoms with Crippen molar-refractivity contribution in [1.29, 1.82) is 0 Å². The summed E-state index contributed by atoms with van der Waals surface area (Å²) < 4.78 is 7.30. The number of aromatic amines is 1. The molecule has 1 aromatic heterocycles. The Kier molecular flexibility index (Phi) is 6.15. The maximum atomic E-state index is 11.9. The van der Waals surface area contributed by atoms with E-state index in [1.54, 1.807) is 0 Å². The number of rotatable bonds is 8. The number of nitrogens with zero attached hydrogens (tertiary/aromatic N) is 1. The summed E-state index contributed by atoms with van der Waals surface area (Å²) >= 11 is 0. The Hall–Kier alpha value is -2.14. The monoisotopic (exact) mass is 330 g/mol. The van der Waals surface area contributed by atoms with Gasteiger partial charge in [-0.15, -0.1) is 0 Å². The fourth-order valence-electron chi connectivity index (χ4n) is 2.36. The molecular formula is C19H26N2O3. The first-order chi connectivity index (χ1) is 11.4. The average Bonchev–Trinajstić information content (AvgIpc) is 2.55. The quantitative estimate of drug-likeness (QED) is 0.757. The van der Waals surface area contributed by atoms with Crippen LogP contribution in [0.4, 0.5) is 0 Å². The first kappa shape index (κ1) is 18.2. The van der Waals surface area contributed by atoms with Crippen LogP contribution >= 0.6 is 0 Å². The maximum absolute atomic E-state index is 11.9. The molecule has 0 saturated carbocycles. The molecule has 0 unspecified atom stereocenters. The number of benzene rings is 1. The molecule has 0 atom stereocenters. The van der Waals surface area contributed by atoms with Crippen molar-refractivity contribution in [3.63, 3.8) is 0 Å². The third kappa shape index (κ3) is 5.20. The van der Waals surface area contributed by atoms with Gasteiger partial charge in [0.25, 0.3) is 5.56 Å². The number of nitrogens with one attached hydrogen (secondary N) is 1. The van der Waals surface area contributed by atoms with Crippen molar-refractivity contribution in [1.82, 2.24) is 9.55 Å². The predicted octanol–water partition coefficient (Wildman–Crippen LogP) is 3.05. The van der Waals surface area contributed by atoms with Gasteiger partial charge in [0.05, 0.1) is 11.3 Å². The summed E-state index contributed by atoms with van der Waals surface area (Å²) in [7, 11) is 0. The molecule has 24 heavy (non-hydrogen) atoms. The Labute approximate surface area is 142 Å². The summed E-state index contributed by atoms with van der Waals surface area (Å²) in [5.41, 5.74) is 1.07. The summed E-state index contributed by atoms with van der Waals surface area (Å²) in [5.74, 6) is 0. The van der Waals surface area contributed by atoms with Crippen LogP contribution in [0.2, 0.25) is 0 Å². The average molecular weight is 330 g/mol. The molecule has 1 aromatic carbocycles. The molecule has 5 heteroatoms. The molecule has 2 rings (SSSR count). The second-order valence-corrected chi connectivity index (χ2v) is 6.57. The number of unbranched alkanes of at least 4 members (excludes halogenated alkanes) is 1. The molecular weight excluding hydrogens is 304 g/mol. The van der Waals surface area contributed by atoms with Gasteiger partial charge in [0.1, 0.15) is 0 Å². The standard InChI is InChI=1S/C19H26N2O3/c1-4-19(2,3)24-13-6-5-8-15-9-7-10-16(14-15)21-12-11-17(22)20-18(21)23/h7,9-12,14H,4-6,8,13H2,1-3H3,(H,20,22,23). The SMILES string of the molecule is CCC(C)(C)OCCCCc1cccc(-n2ccc(=O)[nH]c2=O)c1. The summed E-state index contributed by atoms with van der Waals surface area (Å²) in [6.07, 6.45) is 5.47. The largest absolute Gasteiger partial charge is 0.376 e. The fraction of sp³-hybridized carbons (Fsp3) is 0.474. The van der Waals surface area contributed by atoms with Gasteiger partial charge < -0.3 is 4.74 Å². The molecule has 0 aliphatic rings. The Morgan fingerprint density at radius 1 is 1.17 bits per heavy atom. The summed E-state index contributed by atoms with van der Waals surface area (Å²) in [6, 6.07) is 9.17. The van der Waals surface area contributed by atoms with E-state index < -0.39 is 5.69 Å². The molecule has 130 valence electrons. The highest BCUT2D eigenvalue weighted by atomic mass is 16.5. The van der Waals surface area contributed by atoms with Crippen LogP contribution in [0.5, 0.6) is 0 Å². The fourth-order valence-corrected chi connectivity index (χ4v) is 2.36. The van der Waals surface area contributed by atoms with Gasteiger partial charge in [0.2, 0.25) is 0 Å². The molecule has 0 aliphatic heterocycles. The van der Waals surface area contributed by atoms with Crippen molar-refractivity contribution in [2.45, 2.75) is 52.1 Å². The lowest BCUT2D eigenvalue weighted by Gasteiger charge is -2.23. The highest BCUT2D eigenvalue weighted by Crippen LogP contribution is 2.15. The van der Waals surface area contributed by atoms with Gasteiger partial charge in [-0.25, -0.2) is 4.79 Å². The van der Waals surface area contributed by atoms with E-state index in [9.17, 15) is 9.59 Å². The smallest absolute Gasteiger partial charge is 0.332 e. The maximum Gasteiger partial charge on any atom is 0.332 e. The van der Waals surface area contributed by atoms with E-state index in [1.165, 1.54) is 22.4 Å². The molecule has 0 saturated heterocycles. The van der Waals surface area contributed by atoms with Gasteiger partial charge in [-0.3, -0.25) is 14.3 Å². The molecule has 1 N–H and O–H groups in total. The van der Waals surface area contributed by atoms with Crippen LogP contribution in [0.25, 0.3) is 5.69 Å². The van der Waals surface area contributed by atoms with Gasteiger partial charge in [-0.05, 0) is 57.2 Å². The first-order valence-electron chi connectivity index (χ1n) is 8.46. The summed E-state index contributed by atoms with van der Waals surface area (Å²) in [4.78, 5) is 25.3. The van der Waals surface area contributed by atoms with Crippen LogP contribution in [-0.2, 0) is 11.2 Å². The zero-order valence-corrected chi connectivity index (χ0v) is 14.7. The van der Waals surface area contributed by atoms with E-state index in [4.69, 9.17) is 4.74 Å². The minimum absolute atomic E-state index is 0.0503. The van der Waals surface area contributed by atoms with Gasteiger partial charge in [-0.2, -0.15) is 0 Å². The highest BCUT2D eigenvalue weighted by Gasteiger charge is 2.14. The third-order valence-electron chi connectivity index (χ3n) is 4.22. The van der Waals surface area contributed by atoms with Gasteiger partial charge in [0.15, 0.2) is 0 Å². The number of hydrogen-bond donors (Lipinski definition) is 1. The van der Waals surface area contributed by atoms with E-state index in [0.29, 0.717) is 0 Å². The number of hydrogen-bond acceptors (Lipinski definition) is 3. The molecule has 0 bridgehead atoms. The highest BCUT2D eigenvalue weighted by molar-refractivity contribution is 5.35.